The highest BCUT2D eigenvalue weighted by Gasteiger charge is 2.59. The van der Waals surface area contributed by atoms with Crippen LogP contribution >= 0.6 is 0 Å². The number of amides is 1. The summed E-state index contributed by atoms with van der Waals surface area (Å²) in [6, 6.07) is 5.18. The van der Waals surface area contributed by atoms with Crippen molar-refractivity contribution in [1.82, 2.24) is 4.90 Å². The summed E-state index contributed by atoms with van der Waals surface area (Å²) in [4.78, 5) is 14.2. The first-order valence-corrected chi connectivity index (χ1v) is 7.74. The highest BCUT2D eigenvalue weighted by molar-refractivity contribution is 5.86. The van der Waals surface area contributed by atoms with Crippen LogP contribution in [0.15, 0.2) is 18.2 Å². The lowest BCUT2D eigenvalue weighted by Crippen LogP contribution is -2.40. The Hall–Kier alpha value is -2.03. The van der Waals surface area contributed by atoms with Crippen molar-refractivity contribution in [2.24, 2.45) is 5.41 Å². The second kappa shape index (κ2) is 5.55. The highest BCUT2D eigenvalue weighted by Crippen LogP contribution is 2.52. The van der Waals surface area contributed by atoms with Crippen LogP contribution in [-0.4, -0.2) is 23.3 Å². The normalized spacial score (nSPS) is 29.9. The van der Waals surface area contributed by atoms with Crippen molar-refractivity contribution in [2.45, 2.75) is 51.1 Å². The first kappa shape index (κ1) is 15.9. The van der Waals surface area contributed by atoms with E-state index in [2.05, 4.69) is 0 Å². The Bertz CT molecular complexity index is 685. The molecular weight excluding hydrogens is 305 g/mol. The predicted molar refractivity (Wildman–Crippen MR) is 77.1 cm³/mol. The maximum absolute atomic E-state index is 13.7. The number of rotatable bonds is 3. The molecule has 0 spiro atoms. The minimum Gasteiger partial charge on any atom is -0.332 e. The van der Waals surface area contributed by atoms with Crippen molar-refractivity contribution in [2.75, 3.05) is 0 Å². The number of hydrogen-bond donors (Lipinski definition) is 0. The van der Waals surface area contributed by atoms with Gasteiger partial charge in [-0.3, -0.25) is 4.79 Å². The van der Waals surface area contributed by atoms with E-state index in [-0.39, 0.29) is 24.4 Å². The Balaban J connectivity index is 1.98. The summed E-state index contributed by atoms with van der Waals surface area (Å²) < 4.78 is 40.7. The zero-order valence-corrected chi connectivity index (χ0v) is 12.7. The SMILES string of the molecule is CCC1(C(F)F)C[C@H]2CC[C@H](c3cc(F)cc(C#N)c3)N2C1=O. The Morgan fingerprint density at radius 1 is 1.39 bits per heavy atom. The fraction of sp³-hybridized carbons (Fsp3) is 0.529. The van der Waals surface area contributed by atoms with Crippen LogP contribution in [0.25, 0.3) is 0 Å². The predicted octanol–water partition coefficient (Wildman–Crippen LogP) is 3.79. The lowest BCUT2D eigenvalue weighted by Gasteiger charge is -2.29. The molecule has 1 amide bonds. The van der Waals surface area contributed by atoms with Crippen LogP contribution in [0.5, 0.6) is 0 Å². The summed E-state index contributed by atoms with van der Waals surface area (Å²) in [6.07, 6.45) is -1.22. The van der Waals surface area contributed by atoms with E-state index >= 15 is 0 Å². The van der Waals surface area contributed by atoms with Crippen LogP contribution < -0.4 is 0 Å². The summed E-state index contributed by atoms with van der Waals surface area (Å²) in [5, 5.41) is 8.97. The molecule has 0 aromatic heterocycles. The number of halogens is 3. The van der Waals surface area contributed by atoms with Crippen molar-refractivity contribution < 1.29 is 18.0 Å². The second-order valence-corrected chi connectivity index (χ2v) is 6.36. The summed E-state index contributed by atoms with van der Waals surface area (Å²) in [5.74, 6) is -1.09. The van der Waals surface area contributed by atoms with Crippen LogP contribution in [0.4, 0.5) is 13.2 Å². The number of alkyl halides is 2. The molecule has 2 fully saturated rings. The molecule has 122 valence electrons. The van der Waals surface area contributed by atoms with Gasteiger partial charge in [-0.05, 0) is 49.4 Å². The minimum atomic E-state index is -2.70. The van der Waals surface area contributed by atoms with E-state index in [4.69, 9.17) is 5.26 Å². The Morgan fingerprint density at radius 3 is 2.74 bits per heavy atom. The molecule has 0 N–H and O–H groups in total. The molecule has 0 saturated carbocycles. The van der Waals surface area contributed by atoms with Crippen LogP contribution in [-0.2, 0) is 4.79 Å². The van der Waals surface area contributed by atoms with Gasteiger partial charge in [-0.1, -0.05) is 6.92 Å². The van der Waals surface area contributed by atoms with Gasteiger partial charge in [0.25, 0.3) is 6.43 Å². The second-order valence-electron chi connectivity index (χ2n) is 6.36. The third kappa shape index (κ3) is 2.30. The quantitative estimate of drug-likeness (QED) is 0.850. The number of carbonyl (C=O) groups is 1. The largest absolute Gasteiger partial charge is 0.332 e. The summed E-state index contributed by atoms with van der Waals surface area (Å²) in [7, 11) is 0. The molecular formula is C17H17F3N2O. The van der Waals surface area contributed by atoms with E-state index in [0.29, 0.717) is 18.4 Å². The van der Waals surface area contributed by atoms with Gasteiger partial charge in [-0.2, -0.15) is 5.26 Å². The molecule has 6 heteroatoms. The Morgan fingerprint density at radius 2 is 2.13 bits per heavy atom. The standard InChI is InChI=1S/C17H17F3N2O/c1-2-17(15(19)20)8-13-3-4-14(22(13)16(17)23)11-5-10(9-21)6-12(18)7-11/h5-7,13-15H,2-4,8H2,1H3/t13-,14-,17?/m1/s1. The van der Waals surface area contributed by atoms with Crippen molar-refractivity contribution >= 4 is 5.91 Å². The van der Waals surface area contributed by atoms with Crippen LogP contribution in [0.2, 0.25) is 0 Å². The molecule has 0 radical (unpaired) electrons. The summed E-state index contributed by atoms with van der Waals surface area (Å²) in [6.45, 7) is 1.61. The average molecular weight is 322 g/mol. The van der Waals surface area contributed by atoms with Gasteiger partial charge in [0.05, 0.1) is 17.7 Å². The molecule has 23 heavy (non-hydrogen) atoms. The van der Waals surface area contributed by atoms with Gasteiger partial charge in [-0.15, -0.1) is 0 Å². The van der Waals surface area contributed by atoms with E-state index < -0.39 is 29.6 Å². The molecule has 3 atom stereocenters. The fourth-order valence-corrected chi connectivity index (χ4v) is 3.98. The van der Waals surface area contributed by atoms with E-state index in [1.807, 2.05) is 6.07 Å². The first-order valence-electron chi connectivity index (χ1n) is 7.74. The van der Waals surface area contributed by atoms with E-state index in [9.17, 15) is 18.0 Å². The zero-order chi connectivity index (χ0) is 16.8. The zero-order valence-electron chi connectivity index (χ0n) is 12.7. The number of nitrogens with zero attached hydrogens (tertiary/aromatic N) is 2. The van der Waals surface area contributed by atoms with Crippen molar-refractivity contribution in [3.05, 3.63) is 35.1 Å². The van der Waals surface area contributed by atoms with Crippen LogP contribution in [0.3, 0.4) is 0 Å². The number of hydrogen-bond acceptors (Lipinski definition) is 2. The fourth-order valence-electron chi connectivity index (χ4n) is 3.98. The third-order valence-corrected chi connectivity index (χ3v) is 5.25. The van der Waals surface area contributed by atoms with Crippen molar-refractivity contribution in [1.29, 1.82) is 5.26 Å². The van der Waals surface area contributed by atoms with Gasteiger partial charge in [0.15, 0.2) is 0 Å². The highest BCUT2D eigenvalue weighted by atomic mass is 19.3. The molecule has 0 bridgehead atoms. The number of carbonyl (C=O) groups excluding carboxylic acids is 1. The van der Waals surface area contributed by atoms with Gasteiger partial charge >= 0.3 is 0 Å². The van der Waals surface area contributed by atoms with Crippen molar-refractivity contribution in [3.8, 4) is 6.07 Å². The molecule has 0 aliphatic carbocycles. The molecule has 3 rings (SSSR count). The third-order valence-electron chi connectivity index (χ3n) is 5.25. The van der Waals surface area contributed by atoms with Gasteiger partial charge in [0.2, 0.25) is 5.91 Å². The molecule has 1 unspecified atom stereocenters. The maximum atomic E-state index is 13.7. The first-order chi connectivity index (χ1) is 10.9. The molecule has 2 aliphatic heterocycles. The lowest BCUT2D eigenvalue weighted by atomic mass is 9.81. The number of benzene rings is 1. The number of fused-ring (bicyclic) bond motifs is 1. The van der Waals surface area contributed by atoms with E-state index in [1.54, 1.807) is 6.92 Å². The van der Waals surface area contributed by atoms with Gasteiger partial charge in [0, 0.05) is 6.04 Å². The topological polar surface area (TPSA) is 44.1 Å². The molecule has 1 aromatic rings. The molecule has 3 nitrogen and oxygen atoms in total. The lowest BCUT2D eigenvalue weighted by molar-refractivity contribution is -0.146. The molecule has 1 aromatic carbocycles. The van der Waals surface area contributed by atoms with Gasteiger partial charge in [-0.25, -0.2) is 13.2 Å². The van der Waals surface area contributed by atoms with Crippen LogP contribution in [0, 0.1) is 22.6 Å². The minimum absolute atomic E-state index is 0.0931. The van der Waals surface area contributed by atoms with E-state index in [1.165, 1.54) is 17.0 Å². The van der Waals surface area contributed by atoms with E-state index in [0.717, 1.165) is 6.07 Å². The maximum Gasteiger partial charge on any atom is 0.252 e. The smallest absolute Gasteiger partial charge is 0.252 e. The van der Waals surface area contributed by atoms with Crippen LogP contribution in [0.1, 0.15) is 49.8 Å². The monoisotopic (exact) mass is 322 g/mol. The number of nitriles is 1. The molecule has 2 aliphatic rings. The molecule has 2 heterocycles. The Labute approximate surface area is 132 Å². The van der Waals surface area contributed by atoms with Crippen molar-refractivity contribution in [3.63, 3.8) is 0 Å². The Kier molecular flexibility index (Phi) is 3.83. The average Bonchev–Trinajstić information content (AvgIpc) is 3.05. The molecule has 2 saturated heterocycles. The summed E-state index contributed by atoms with van der Waals surface area (Å²) in [5.41, 5.74) is -0.932. The van der Waals surface area contributed by atoms with Gasteiger partial charge in [0.1, 0.15) is 11.2 Å². The van der Waals surface area contributed by atoms with Gasteiger partial charge < -0.3 is 4.90 Å². The summed E-state index contributed by atoms with van der Waals surface area (Å²) >= 11 is 0.